The highest BCUT2D eigenvalue weighted by Crippen LogP contribution is 2.42. The summed E-state index contributed by atoms with van der Waals surface area (Å²) in [5.74, 6) is 0.906. The number of likely N-dealkylation sites (N-methyl/N-ethyl adjacent to an activating group) is 1. The zero-order chi connectivity index (χ0) is 14.0. The maximum absolute atomic E-state index is 10.9. The molecule has 0 radical (unpaired) electrons. The summed E-state index contributed by atoms with van der Waals surface area (Å²) in [5.41, 5.74) is 1.92. The van der Waals surface area contributed by atoms with Crippen LogP contribution in [0.15, 0.2) is 18.2 Å². The van der Waals surface area contributed by atoms with E-state index in [4.69, 9.17) is 4.74 Å². The Kier molecular flexibility index (Phi) is 4.16. The minimum Gasteiger partial charge on any atom is -0.493 e. The monoisotopic (exact) mass is 263 g/mol. The van der Waals surface area contributed by atoms with E-state index >= 15 is 0 Å². The number of hydrogen-bond donors (Lipinski definition) is 1. The summed E-state index contributed by atoms with van der Waals surface area (Å²) in [4.78, 5) is 2.14. The number of para-hydroxylation sites is 1. The first-order valence-electron chi connectivity index (χ1n) is 7.17. The number of fused-ring (bicyclic) bond motifs is 1. The van der Waals surface area contributed by atoms with Gasteiger partial charge >= 0.3 is 0 Å². The predicted molar refractivity (Wildman–Crippen MR) is 77.6 cm³/mol. The smallest absolute Gasteiger partial charge is 0.128 e. The number of ether oxygens (including phenoxy) is 1. The molecule has 0 spiro atoms. The molecule has 1 aliphatic rings. The summed E-state index contributed by atoms with van der Waals surface area (Å²) in [6.07, 6.45) is 2.23. The number of rotatable bonds is 5. The SMILES string of the molecule is CCC(CC)(C(O)c1cccc2c1OCC2)N(C)C. The van der Waals surface area contributed by atoms with Gasteiger partial charge in [-0.15, -0.1) is 0 Å². The van der Waals surface area contributed by atoms with Gasteiger partial charge < -0.3 is 14.7 Å². The van der Waals surface area contributed by atoms with E-state index < -0.39 is 6.10 Å². The average molecular weight is 263 g/mol. The molecule has 1 aromatic carbocycles. The third kappa shape index (κ3) is 2.26. The van der Waals surface area contributed by atoms with Crippen LogP contribution in [-0.2, 0) is 6.42 Å². The van der Waals surface area contributed by atoms with Crippen LogP contribution in [0.2, 0.25) is 0 Å². The zero-order valence-corrected chi connectivity index (χ0v) is 12.4. The van der Waals surface area contributed by atoms with Gasteiger partial charge in [-0.3, -0.25) is 0 Å². The minimum atomic E-state index is -0.523. The van der Waals surface area contributed by atoms with Gasteiger partial charge in [0.2, 0.25) is 0 Å². The molecule has 1 aliphatic heterocycles. The second-order valence-electron chi connectivity index (χ2n) is 5.54. The molecule has 3 nitrogen and oxygen atoms in total. The summed E-state index contributed by atoms with van der Waals surface area (Å²) in [6, 6.07) is 6.12. The van der Waals surface area contributed by atoms with Gasteiger partial charge in [-0.25, -0.2) is 0 Å². The molecule has 1 unspecified atom stereocenters. The normalized spacial score (nSPS) is 16.3. The van der Waals surface area contributed by atoms with E-state index in [9.17, 15) is 5.11 Å². The Hall–Kier alpha value is -1.06. The summed E-state index contributed by atoms with van der Waals surface area (Å²) in [5, 5.41) is 10.9. The maximum atomic E-state index is 10.9. The van der Waals surface area contributed by atoms with Crippen molar-refractivity contribution in [3.05, 3.63) is 29.3 Å². The van der Waals surface area contributed by atoms with Crippen molar-refractivity contribution in [1.82, 2.24) is 4.90 Å². The molecule has 0 bridgehead atoms. The quantitative estimate of drug-likeness (QED) is 0.886. The van der Waals surface area contributed by atoms with E-state index in [0.29, 0.717) is 0 Å². The first kappa shape index (κ1) is 14.4. The van der Waals surface area contributed by atoms with Gasteiger partial charge in [-0.05, 0) is 32.5 Å². The van der Waals surface area contributed by atoms with Gasteiger partial charge in [-0.2, -0.15) is 0 Å². The van der Waals surface area contributed by atoms with Crippen molar-refractivity contribution in [3.8, 4) is 5.75 Å². The van der Waals surface area contributed by atoms with Crippen LogP contribution in [0.5, 0.6) is 5.75 Å². The van der Waals surface area contributed by atoms with E-state index in [0.717, 1.165) is 37.2 Å². The highest BCUT2D eigenvalue weighted by Gasteiger charge is 2.39. The van der Waals surface area contributed by atoms with Crippen molar-refractivity contribution < 1.29 is 9.84 Å². The fraction of sp³-hybridized carbons (Fsp3) is 0.625. The number of hydrogen-bond acceptors (Lipinski definition) is 3. The second kappa shape index (κ2) is 5.51. The Morgan fingerprint density at radius 1 is 1.32 bits per heavy atom. The first-order chi connectivity index (χ1) is 9.06. The van der Waals surface area contributed by atoms with Crippen LogP contribution in [0.25, 0.3) is 0 Å². The molecular weight excluding hydrogens is 238 g/mol. The lowest BCUT2D eigenvalue weighted by molar-refractivity contribution is -0.0161. The molecule has 0 aromatic heterocycles. The van der Waals surface area contributed by atoms with E-state index in [2.05, 4.69) is 24.8 Å². The molecule has 0 saturated heterocycles. The lowest BCUT2D eigenvalue weighted by Crippen LogP contribution is -2.48. The van der Waals surface area contributed by atoms with Crippen molar-refractivity contribution >= 4 is 0 Å². The molecule has 2 rings (SSSR count). The molecule has 1 aromatic rings. The van der Waals surface area contributed by atoms with Crippen molar-refractivity contribution in [2.24, 2.45) is 0 Å². The Bertz CT molecular complexity index is 438. The van der Waals surface area contributed by atoms with Gasteiger partial charge in [0.15, 0.2) is 0 Å². The molecule has 106 valence electrons. The van der Waals surface area contributed by atoms with Gasteiger partial charge in [0.1, 0.15) is 11.9 Å². The lowest BCUT2D eigenvalue weighted by Gasteiger charge is -2.43. The van der Waals surface area contributed by atoms with Crippen molar-refractivity contribution in [2.45, 2.75) is 44.8 Å². The summed E-state index contributed by atoms with van der Waals surface area (Å²) in [7, 11) is 4.08. The second-order valence-corrected chi connectivity index (χ2v) is 5.54. The largest absolute Gasteiger partial charge is 0.493 e. The fourth-order valence-corrected chi connectivity index (χ4v) is 3.26. The molecular formula is C16H25NO2. The van der Waals surface area contributed by atoms with Crippen LogP contribution < -0.4 is 4.74 Å². The highest BCUT2D eigenvalue weighted by atomic mass is 16.5. The third-order valence-electron chi connectivity index (χ3n) is 4.66. The van der Waals surface area contributed by atoms with E-state index in [1.165, 1.54) is 5.56 Å². The number of aliphatic hydroxyl groups excluding tert-OH is 1. The maximum Gasteiger partial charge on any atom is 0.128 e. The van der Waals surface area contributed by atoms with Gasteiger partial charge in [0.25, 0.3) is 0 Å². The Morgan fingerprint density at radius 2 is 2.00 bits per heavy atom. The Morgan fingerprint density at radius 3 is 2.58 bits per heavy atom. The molecule has 0 aliphatic carbocycles. The van der Waals surface area contributed by atoms with Crippen LogP contribution in [-0.4, -0.2) is 36.2 Å². The molecule has 0 fully saturated rings. The molecule has 0 saturated carbocycles. The molecule has 1 heterocycles. The zero-order valence-electron chi connectivity index (χ0n) is 12.4. The Labute approximate surface area is 116 Å². The first-order valence-corrected chi connectivity index (χ1v) is 7.17. The minimum absolute atomic E-state index is 0.235. The van der Waals surface area contributed by atoms with Crippen LogP contribution in [0.4, 0.5) is 0 Å². The standard InChI is InChI=1S/C16H25NO2/c1-5-16(6-2,17(3)4)15(18)13-9-7-8-12-10-11-19-14(12)13/h7-9,15,18H,5-6,10-11H2,1-4H3. The van der Waals surface area contributed by atoms with Crippen molar-refractivity contribution in [2.75, 3.05) is 20.7 Å². The summed E-state index contributed by atoms with van der Waals surface area (Å²) >= 11 is 0. The molecule has 1 atom stereocenters. The highest BCUT2D eigenvalue weighted by molar-refractivity contribution is 5.46. The van der Waals surface area contributed by atoms with Crippen LogP contribution in [0.1, 0.15) is 43.9 Å². The lowest BCUT2D eigenvalue weighted by atomic mass is 9.81. The number of nitrogens with zero attached hydrogens (tertiary/aromatic N) is 1. The third-order valence-corrected chi connectivity index (χ3v) is 4.66. The van der Waals surface area contributed by atoms with Crippen LogP contribution in [0, 0.1) is 0 Å². The summed E-state index contributed by atoms with van der Waals surface area (Å²) in [6.45, 7) is 5.00. The Balaban J connectivity index is 2.43. The molecule has 3 heteroatoms. The van der Waals surface area contributed by atoms with E-state index in [-0.39, 0.29) is 5.54 Å². The van der Waals surface area contributed by atoms with Crippen LogP contribution >= 0.6 is 0 Å². The molecule has 19 heavy (non-hydrogen) atoms. The topological polar surface area (TPSA) is 32.7 Å². The molecule has 1 N–H and O–H groups in total. The van der Waals surface area contributed by atoms with Crippen molar-refractivity contribution in [1.29, 1.82) is 0 Å². The van der Waals surface area contributed by atoms with Gasteiger partial charge in [-0.1, -0.05) is 32.0 Å². The van der Waals surface area contributed by atoms with Crippen molar-refractivity contribution in [3.63, 3.8) is 0 Å². The van der Waals surface area contributed by atoms with E-state index in [1.807, 2.05) is 26.2 Å². The van der Waals surface area contributed by atoms with E-state index in [1.54, 1.807) is 0 Å². The number of aliphatic hydroxyl groups is 1. The predicted octanol–water partition coefficient (Wildman–Crippen LogP) is 2.78. The number of benzene rings is 1. The average Bonchev–Trinajstić information content (AvgIpc) is 2.88. The van der Waals surface area contributed by atoms with Gasteiger partial charge in [0, 0.05) is 12.0 Å². The van der Waals surface area contributed by atoms with Gasteiger partial charge in [0.05, 0.1) is 12.1 Å². The summed E-state index contributed by atoms with van der Waals surface area (Å²) < 4.78 is 5.74. The fourth-order valence-electron chi connectivity index (χ4n) is 3.26. The van der Waals surface area contributed by atoms with Crippen LogP contribution in [0.3, 0.4) is 0 Å². The molecule has 0 amide bonds.